The number of amides is 1. The topological polar surface area (TPSA) is 103 Å². The van der Waals surface area contributed by atoms with Crippen LogP contribution < -0.4 is 5.32 Å². The van der Waals surface area contributed by atoms with E-state index < -0.39 is 12.1 Å². The number of nitrogens with zero attached hydrogens (tertiary/aromatic N) is 2. The van der Waals surface area contributed by atoms with E-state index in [0.29, 0.717) is 18.8 Å². The number of anilines is 1. The number of carbonyl (C=O) groups excluding carboxylic acids is 1. The fraction of sp³-hybridized carbons (Fsp3) is 0.471. The maximum absolute atomic E-state index is 11.8. The van der Waals surface area contributed by atoms with Gasteiger partial charge in [0.05, 0.1) is 28.9 Å². The lowest BCUT2D eigenvalue weighted by Crippen LogP contribution is -2.41. The minimum Gasteiger partial charge on any atom is -0.465 e. The van der Waals surface area contributed by atoms with Crippen LogP contribution in [-0.4, -0.2) is 48.3 Å². The van der Waals surface area contributed by atoms with Crippen molar-refractivity contribution in [1.82, 2.24) is 4.90 Å². The Balaban J connectivity index is 2.15. The van der Waals surface area contributed by atoms with Crippen molar-refractivity contribution in [3.63, 3.8) is 0 Å². The summed E-state index contributed by atoms with van der Waals surface area (Å²) in [5.74, 6) is -0.280. The molecule has 0 aromatic heterocycles. The molecule has 0 radical (unpaired) electrons. The van der Waals surface area contributed by atoms with Crippen molar-refractivity contribution in [3.05, 3.63) is 28.3 Å². The number of carbonyl (C=O) groups is 2. The second-order valence-corrected chi connectivity index (χ2v) is 6.41. The molecule has 0 spiro atoms. The molecule has 134 valence electrons. The maximum atomic E-state index is 11.8. The van der Waals surface area contributed by atoms with Gasteiger partial charge in [-0.3, -0.25) is 0 Å². The van der Waals surface area contributed by atoms with Crippen molar-refractivity contribution in [2.45, 2.75) is 25.8 Å². The molecule has 1 aliphatic rings. The molecule has 7 nitrogen and oxygen atoms in total. The van der Waals surface area contributed by atoms with E-state index in [1.807, 2.05) is 13.0 Å². The van der Waals surface area contributed by atoms with Crippen LogP contribution in [0.3, 0.4) is 0 Å². The lowest BCUT2D eigenvalue weighted by atomic mass is 9.90. The van der Waals surface area contributed by atoms with Gasteiger partial charge in [-0.2, -0.15) is 5.26 Å². The van der Waals surface area contributed by atoms with Crippen LogP contribution in [0.15, 0.2) is 12.1 Å². The van der Waals surface area contributed by atoms with Crippen LogP contribution in [-0.2, 0) is 4.74 Å². The van der Waals surface area contributed by atoms with Gasteiger partial charge in [0.25, 0.3) is 0 Å². The molecular formula is C17H20ClN3O4. The van der Waals surface area contributed by atoms with E-state index in [4.69, 9.17) is 21.4 Å². The zero-order valence-electron chi connectivity index (χ0n) is 14.1. The van der Waals surface area contributed by atoms with Gasteiger partial charge in [-0.25, -0.2) is 9.59 Å². The first-order valence-corrected chi connectivity index (χ1v) is 8.31. The Morgan fingerprint density at radius 1 is 1.44 bits per heavy atom. The molecule has 1 saturated heterocycles. The highest BCUT2D eigenvalue weighted by Crippen LogP contribution is 2.31. The standard InChI is InChI=1S/C17H20ClN3O4/c1-10(11-3-5-21(6-4-11)17(23)24)20-14-8-12(16(22)25-2)7-13(9-19)15(14)18/h7-8,10-11,20H,3-6H2,1-2H3,(H,23,24). The molecule has 1 fully saturated rings. The number of piperidine rings is 1. The Hall–Kier alpha value is -2.46. The Morgan fingerprint density at radius 2 is 2.08 bits per heavy atom. The van der Waals surface area contributed by atoms with Crippen LogP contribution in [0.25, 0.3) is 0 Å². The number of rotatable bonds is 4. The fourth-order valence-electron chi connectivity index (χ4n) is 3.00. The van der Waals surface area contributed by atoms with E-state index in [0.717, 1.165) is 12.8 Å². The fourth-order valence-corrected chi connectivity index (χ4v) is 3.21. The Morgan fingerprint density at radius 3 is 2.60 bits per heavy atom. The lowest BCUT2D eigenvalue weighted by Gasteiger charge is -2.34. The molecule has 1 atom stereocenters. The van der Waals surface area contributed by atoms with Gasteiger partial charge in [-0.05, 0) is 37.8 Å². The van der Waals surface area contributed by atoms with Gasteiger partial charge in [-0.15, -0.1) is 0 Å². The highest BCUT2D eigenvalue weighted by molar-refractivity contribution is 6.34. The molecule has 1 amide bonds. The number of likely N-dealkylation sites (tertiary alicyclic amines) is 1. The van der Waals surface area contributed by atoms with E-state index in [2.05, 4.69) is 5.32 Å². The van der Waals surface area contributed by atoms with Crippen molar-refractivity contribution in [2.75, 3.05) is 25.5 Å². The third-order valence-corrected chi connectivity index (χ3v) is 4.92. The second-order valence-electron chi connectivity index (χ2n) is 6.03. The lowest BCUT2D eigenvalue weighted by molar-refractivity contribution is 0.0600. The average Bonchev–Trinajstić information content (AvgIpc) is 2.62. The van der Waals surface area contributed by atoms with Crippen molar-refractivity contribution < 1.29 is 19.4 Å². The normalized spacial score (nSPS) is 16.0. The van der Waals surface area contributed by atoms with Crippen molar-refractivity contribution >= 4 is 29.4 Å². The summed E-state index contributed by atoms with van der Waals surface area (Å²) in [5, 5.41) is 21.7. The average molecular weight is 366 g/mol. The van der Waals surface area contributed by atoms with Gasteiger partial charge in [0, 0.05) is 19.1 Å². The molecule has 2 rings (SSSR count). The Labute approximate surface area is 151 Å². The van der Waals surface area contributed by atoms with Crippen LogP contribution in [0, 0.1) is 17.2 Å². The van der Waals surface area contributed by atoms with Gasteiger partial charge >= 0.3 is 12.1 Å². The molecule has 1 aromatic carbocycles. The van der Waals surface area contributed by atoms with Crippen LogP contribution in [0.4, 0.5) is 10.5 Å². The summed E-state index contributed by atoms with van der Waals surface area (Å²) in [4.78, 5) is 24.2. The van der Waals surface area contributed by atoms with Crippen molar-refractivity contribution in [2.24, 2.45) is 5.92 Å². The van der Waals surface area contributed by atoms with Gasteiger partial charge in [0.1, 0.15) is 6.07 Å². The van der Waals surface area contributed by atoms with Crippen LogP contribution >= 0.6 is 11.6 Å². The highest BCUT2D eigenvalue weighted by Gasteiger charge is 2.27. The minimum absolute atomic E-state index is 0.00730. The molecule has 1 aromatic rings. The first-order chi connectivity index (χ1) is 11.9. The molecular weight excluding hydrogens is 346 g/mol. The van der Waals surface area contributed by atoms with E-state index in [9.17, 15) is 14.9 Å². The van der Waals surface area contributed by atoms with E-state index in [1.165, 1.54) is 18.1 Å². The molecule has 0 aliphatic carbocycles. The van der Waals surface area contributed by atoms with Crippen molar-refractivity contribution in [1.29, 1.82) is 5.26 Å². The Bertz CT molecular complexity index is 709. The molecule has 0 bridgehead atoms. The zero-order valence-corrected chi connectivity index (χ0v) is 14.8. The SMILES string of the molecule is COC(=O)c1cc(C#N)c(Cl)c(NC(C)C2CCN(C(=O)O)CC2)c1. The maximum Gasteiger partial charge on any atom is 0.407 e. The van der Waals surface area contributed by atoms with Crippen LogP contribution in [0.2, 0.25) is 5.02 Å². The number of hydrogen-bond donors (Lipinski definition) is 2. The number of benzene rings is 1. The van der Waals surface area contributed by atoms with Crippen molar-refractivity contribution in [3.8, 4) is 6.07 Å². The largest absolute Gasteiger partial charge is 0.465 e. The van der Waals surface area contributed by atoms with Gasteiger partial charge < -0.3 is 20.1 Å². The third kappa shape index (κ3) is 4.34. The number of nitrogens with one attached hydrogen (secondary N) is 1. The second kappa shape index (κ2) is 8.08. The smallest absolute Gasteiger partial charge is 0.407 e. The van der Waals surface area contributed by atoms with Crippen LogP contribution in [0.5, 0.6) is 0 Å². The van der Waals surface area contributed by atoms with E-state index >= 15 is 0 Å². The number of carboxylic acid groups (broad SMARTS) is 1. The monoisotopic (exact) mass is 365 g/mol. The highest BCUT2D eigenvalue weighted by atomic mass is 35.5. The number of hydrogen-bond acceptors (Lipinski definition) is 5. The number of ether oxygens (including phenoxy) is 1. The summed E-state index contributed by atoms with van der Waals surface area (Å²) in [5.41, 5.74) is 0.938. The summed E-state index contributed by atoms with van der Waals surface area (Å²) in [6, 6.07) is 4.95. The molecule has 8 heteroatoms. The summed E-state index contributed by atoms with van der Waals surface area (Å²) in [6.45, 7) is 2.96. The number of halogens is 1. The number of esters is 1. The number of methoxy groups -OCH3 is 1. The van der Waals surface area contributed by atoms with Gasteiger partial charge in [0.2, 0.25) is 0 Å². The first-order valence-electron chi connectivity index (χ1n) is 7.93. The molecule has 1 aliphatic heterocycles. The Kier molecular flexibility index (Phi) is 6.10. The number of nitriles is 1. The molecule has 0 saturated carbocycles. The third-order valence-electron chi connectivity index (χ3n) is 4.51. The summed E-state index contributed by atoms with van der Waals surface area (Å²) < 4.78 is 4.71. The summed E-state index contributed by atoms with van der Waals surface area (Å²) in [6.07, 6.45) is 0.575. The predicted molar refractivity (Wildman–Crippen MR) is 92.9 cm³/mol. The molecule has 1 unspecified atom stereocenters. The molecule has 2 N–H and O–H groups in total. The molecule has 1 heterocycles. The first kappa shape index (κ1) is 18.9. The quantitative estimate of drug-likeness (QED) is 0.794. The summed E-state index contributed by atoms with van der Waals surface area (Å²) >= 11 is 6.25. The zero-order chi connectivity index (χ0) is 18.6. The van der Waals surface area contributed by atoms with Crippen LogP contribution in [0.1, 0.15) is 35.7 Å². The van der Waals surface area contributed by atoms with Gasteiger partial charge in [0.15, 0.2) is 0 Å². The van der Waals surface area contributed by atoms with E-state index in [-0.39, 0.29) is 28.1 Å². The van der Waals surface area contributed by atoms with E-state index in [1.54, 1.807) is 6.07 Å². The van der Waals surface area contributed by atoms with Gasteiger partial charge in [-0.1, -0.05) is 11.6 Å². The molecule has 25 heavy (non-hydrogen) atoms. The minimum atomic E-state index is -0.897. The predicted octanol–water partition coefficient (Wildman–Crippen LogP) is 3.19. The summed E-state index contributed by atoms with van der Waals surface area (Å²) in [7, 11) is 1.27.